The summed E-state index contributed by atoms with van der Waals surface area (Å²) in [6.07, 6.45) is 4.53. The quantitative estimate of drug-likeness (QED) is 0.684. The molecule has 1 aromatic carbocycles. The van der Waals surface area contributed by atoms with E-state index in [1.807, 2.05) is 49.9 Å². The summed E-state index contributed by atoms with van der Waals surface area (Å²) < 4.78 is 11.5. The molecular weight excluding hydrogens is 448 g/mol. The monoisotopic (exact) mass is 486 g/mol. The van der Waals surface area contributed by atoms with Crippen LogP contribution in [-0.4, -0.2) is 79.3 Å². The number of carbonyl (C=O) groups is 3. The van der Waals surface area contributed by atoms with E-state index >= 15 is 0 Å². The molecule has 0 aliphatic carbocycles. The highest BCUT2D eigenvalue weighted by Crippen LogP contribution is 2.41. The van der Waals surface area contributed by atoms with E-state index in [0.29, 0.717) is 25.0 Å². The average molecular weight is 487 g/mol. The third kappa shape index (κ3) is 6.66. The lowest BCUT2D eigenvalue weighted by Gasteiger charge is -2.46. The summed E-state index contributed by atoms with van der Waals surface area (Å²) in [7, 11) is 0. The normalized spacial score (nSPS) is 21.1. The van der Waals surface area contributed by atoms with Gasteiger partial charge in [-0.05, 0) is 89.2 Å². The molecule has 0 saturated carbocycles. The van der Waals surface area contributed by atoms with Crippen molar-refractivity contribution in [3.63, 3.8) is 0 Å². The molecule has 3 aliphatic rings. The van der Waals surface area contributed by atoms with Gasteiger partial charge in [-0.25, -0.2) is 9.59 Å². The first-order chi connectivity index (χ1) is 16.6. The van der Waals surface area contributed by atoms with Gasteiger partial charge < -0.3 is 14.4 Å². The van der Waals surface area contributed by atoms with Crippen LogP contribution in [0.3, 0.4) is 0 Å². The Hall–Kier alpha value is -2.81. The Morgan fingerprint density at radius 2 is 1.60 bits per heavy atom. The molecule has 3 saturated heterocycles. The van der Waals surface area contributed by atoms with Crippen LogP contribution in [0.2, 0.25) is 0 Å². The Labute approximate surface area is 207 Å². The summed E-state index contributed by atoms with van der Waals surface area (Å²) in [6, 6.07) is 7.04. The summed E-state index contributed by atoms with van der Waals surface area (Å²) in [4.78, 5) is 41.5. The molecule has 192 valence electrons. The number of likely N-dealkylation sites (tertiary alicyclic amines) is 2. The molecule has 0 atom stereocenters. The van der Waals surface area contributed by atoms with Crippen molar-refractivity contribution in [1.29, 1.82) is 0 Å². The average Bonchev–Trinajstić information content (AvgIpc) is 2.80. The minimum absolute atomic E-state index is 0.190. The number of hydrogen-bond donors (Lipinski definition) is 1. The van der Waals surface area contributed by atoms with Gasteiger partial charge in [0, 0.05) is 38.3 Å². The molecule has 0 unspecified atom stereocenters. The van der Waals surface area contributed by atoms with Gasteiger partial charge in [0.05, 0.1) is 0 Å². The second kappa shape index (κ2) is 10.4. The number of amides is 4. The van der Waals surface area contributed by atoms with Gasteiger partial charge in [-0.2, -0.15) is 0 Å². The van der Waals surface area contributed by atoms with Crippen molar-refractivity contribution in [3.05, 3.63) is 24.3 Å². The van der Waals surface area contributed by atoms with Crippen LogP contribution in [0.4, 0.5) is 15.3 Å². The number of nitrogens with one attached hydrogen (secondary N) is 1. The van der Waals surface area contributed by atoms with Gasteiger partial charge in [-0.15, -0.1) is 0 Å². The minimum Gasteiger partial charge on any atom is -0.492 e. The van der Waals surface area contributed by atoms with E-state index in [1.54, 1.807) is 4.90 Å². The standard InChI is InChI=1S/C26H38N4O5/c1-25(2,3)35-24(33)29-16-11-26(12-17-29)9-14-28(15-10-26)18-19-34-21-6-4-20(5-7-21)30-13-8-22(31)27-23(30)32/h4-7H,8-19H2,1-3H3,(H,27,31,32). The fraction of sp³-hybridized carbons (Fsp3) is 0.654. The maximum Gasteiger partial charge on any atom is 0.410 e. The third-order valence-corrected chi connectivity index (χ3v) is 7.27. The lowest BCUT2D eigenvalue weighted by Crippen LogP contribution is -2.49. The Bertz CT molecular complexity index is 909. The summed E-state index contributed by atoms with van der Waals surface area (Å²) in [5.74, 6) is 0.534. The molecule has 1 aromatic rings. The zero-order chi connectivity index (χ0) is 25.1. The van der Waals surface area contributed by atoms with Crippen LogP contribution in [-0.2, 0) is 9.53 Å². The highest BCUT2D eigenvalue weighted by molar-refractivity contribution is 6.05. The summed E-state index contributed by atoms with van der Waals surface area (Å²) >= 11 is 0. The van der Waals surface area contributed by atoms with Gasteiger partial charge in [0.25, 0.3) is 0 Å². The molecule has 0 bridgehead atoms. The van der Waals surface area contributed by atoms with Crippen LogP contribution in [0, 0.1) is 5.41 Å². The molecule has 1 spiro atoms. The van der Waals surface area contributed by atoms with Crippen molar-refractivity contribution in [2.24, 2.45) is 5.41 Å². The maximum atomic E-state index is 12.3. The van der Waals surface area contributed by atoms with Crippen molar-refractivity contribution in [1.82, 2.24) is 15.1 Å². The Morgan fingerprint density at radius 1 is 0.971 bits per heavy atom. The largest absolute Gasteiger partial charge is 0.492 e. The summed E-state index contributed by atoms with van der Waals surface area (Å²) in [5, 5.41) is 2.34. The molecule has 0 aromatic heterocycles. The zero-order valence-corrected chi connectivity index (χ0v) is 21.2. The van der Waals surface area contributed by atoms with Gasteiger partial charge in [0.15, 0.2) is 0 Å². The predicted octanol–water partition coefficient (Wildman–Crippen LogP) is 3.62. The number of carbonyl (C=O) groups excluding carboxylic acids is 3. The Kier molecular flexibility index (Phi) is 7.54. The lowest BCUT2D eigenvalue weighted by molar-refractivity contribution is -0.120. The molecule has 4 amide bonds. The second-order valence-electron chi connectivity index (χ2n) is 10.9. The predicted molar refractivity (Wildman–Crippen MR) is 133 cm³/mol. The highest BCUT2D eigenvalue weighted by atomic mass is 16.6. The Balaban J connectivity index is 1.16. The van der Waals surface area contributed by atoms with E-state index in [9.17, 15) is 14.4 Å². The number of benzene rings is 1. The van der Waals surface area contributed by atoms with Crippen molar-refractivity contribution in [2.45, 2.75) is 58.5 Å². The Morgan fingerprint density at radius 3 is 2.20 bits per heavy atom. The van der Waals surface area contributed by atoms with Crippen molar-refractivity contribution in [2.75, 3.05) is 50.8 Å². The SMILES string of the molecule is CC(C)(C)OC(=O)N1CCC2(CCN(CCOc3ccc(N4CCC(=O)NC4=O)cc3)CC2)CC1. The minimum atomic E-state index is -0.451. The van der Waals surface area contributed by atoms with Gasteiger partial charge in [-0.3, -0.25) is 19.9 Å². The van der Waals surface area contributed by atoms with Gasteiger partial charge in [0.2, 0.25) is 5.91 Å². The number of nitrogens with zero attached hydrogens (tertiary/aromatic N) is 3. The van der Waals surface area contributed by atoms with Gasteiger partial charge >= 0.3 is 12.1 Å². The first-order valence-corrected chi connectivity index (χ1v) is 12.7. The zero-order valence-electron chi connectivity index (χ0n) is 21.2. The van der Waals surface area contributed by atoms with Gasteiger partial charge in [-0.1, -0.05) is 0 Å². The second-order valence-corrected chi connectivity index (χ2v) is 10.9. The number of imide groups is 1. The first kappa shape index (κ1) is 25.3. The fourth-order valence-electron chi connectivity index (χ4n) is 5.07. The van der Waals surface area contributed by atoms with Crippen molar-refractivity contribution in [3.8, 4) is 5.75 Å². The molecule has 3 fully saturated rings. The topological polar surface area (TPSA) is 91.4 Å². The van der Waals surface area contributed by atoms with Crippen molar-refractivity contribution < 1.29 is 23.9 Å². The van der Waals surface area contributed by atoms with Crippen LogP contribution >= 0.6 is 0 Å². The molecule has 1 N–H and O–H groups in total. The number of urea groups is 1. The van der Waals surface area contributed by atoms with Crippen LogP contribution in [0.25, 0.3) is 0 Å². The van der Waals surface area contributed by atoms with Crippen LogP contribution in [0.5, 0.6) is 5.75 Å². The molecule has 3 aliphatic heterocycles. The number of anilines is 1. The van der Waals surface area contributed by atoms with E-state index in [1.165, 1.54) is 0 Å². The molecule has 3 heterocycles. The molecule has 35 heavy (non-hydrogen) atoms. The molecule has 4 rings (SSSR count). The van der Waals surface area contributed by atoms with Gasteiger partial charge in [0.1, 0.15) is 18.0 Å². The first-order valence-electron chi connectivity index (χ1n) is 12.7. The molecular formula is C26H38N4O5. The van der Waals surface area contributed by atoms with E-state index in [-0.39, 0.29) is 18.0 Å². The number of hydrogen-bond acceptors (Lipinski definition) is 6. The van der Waals surface area contributed by atoms with Crippen LogP contribution < -0.4 is 15.0 Å². The van der Waals surface area contributed by atoms with Crippen LogP contribution in [0.15, 0.2) is 24.3 Å². The fourth-order valence-corrected chi connectivity index (χ4v) is 5.07. The summed E-state index contributed by atoms with van der Waals surface area (Å²) in [6.45, 7) is 11.3. The number of ether oxygens (including phenoxy) is 2. The lowest BCUT2D eigenvalue weighted by atomic mass is 9.71. The van der Waals surface area contributed by atoms with E-state index in [4.69, 9.17) is 9.47 Å². The number of piperidine rings is 2. The maximum absolute atomic E-state index is 12.3. The van der Waals surface area contributed by atoms with E-state index < -0.39 is 5.60 Å². The molecule has 9 heteroatoms. The van der Waals surface area contributed by atoms with Crippen molar-refractivity contribution >= 4 is 23.7 Å². The van der Waals surface area contributed by atoms with E-state index in [0.717, 1.165) is 69.8 Å². The number of rotatable bonds is 5. The third-order valence-electron chi connectivity index (χ3n) is 7.27. The molecule has 0 radical (unpaired) electrons. The highest BCUT2D eigenvalue weighted by Gasteiger charge is 2.39. The smallest absolute Gasteiger partial charge is 0.410 e. The summed E-state index contributed by atoms with van der Waals surface area (Å²) in [5.41, 5.74) is 0.644. The van der Waals surface area contributed by atoms with Crippen LogP contribution in [0.1, 0.15) is 52.9 Å². The van der Waals surface area contributed by atoms with E-state index in [2.05, 4.69) is 10.2 Å². The molecule has 9 nitrogen and oxygen atoms in total.